The molecule has 0 spiro atoms. The van der Waals surface area contributed by atoms with E-state index >= 15 is 0 Å². The Balaban J connectivity index is 2.08. The molecule has 126 valence electrons. The van der Waals surface area contributed by atoms with Gasteiger partial charge in [-0.2, -0.15) is 0 Å². The number of hydrogen-bond acceptors (Lipinski definition) is 3. The topological polar surface area (TPSA) is 84.2 Å². The molecular weight excluding hydrogens is 304 g/mol. The number of halogens is 2. The van der Waals surface area contributed by atoms with Crippen LogP contribution >= 0.6 is 0 Å². The van der Waals surface area contributed by atoms with Crippen molar-refractivity contribution in [3.05, 3.63) is 35.4 Å². The van der Waals surface area contributed by atoms with Gasteiger partial charge < -0.3 is 16.4 Å². The molecule has 0 aromatic heterocycles. The lowest BCUT2D eigenvalue weighted by Gasteiger charge is -2.21. The third-order valence-electron chi connectivity index (χ3n) is 3.90. The first kappa shape index (κ1) is 17.3. The number of carbonyl (C=O) groups is 2. The quantitative estimate of drug-likeness (QED) is 0.708. The number of hydrogen-bond donors (Lipinski definition) is 3. The molecule has 7 heteroatoms. The summed E-state index contributed by atoms with van der Waals surface area (Å²) in [5, 5.41) is 5.35. The Morgan fingerprint density at radius 1 is 1.30 bits per heavy atom. The second-order valence-electron chi connectivity index (χ2n) is 5.87. The molecule has 5 nitrogen and oxygen atoms in total. The van der Waals surface area contributed by atoms with Crippen molar-refractivity contribution in [2.45, 2.75) is 38.3 Å². The van der Waals surface area contributed by atoms with Crippen LogP contribution in [0.4, 0.5) is 8.78 Å². The Hall–Kier alpha value is -2.02. The van der Waals surface area contributed by atoms with Crippen molar-refractivity contribution in [1.29, 1.82) is 0 Å². The zero-order valence-electron chi connectivity index (χ0n) is 12.9. The van der Waals surface area contributed by atoms with Crippen LogP contribution < -0.4 is 16.4 Å². The molecule has 0 heterocycles. The predicted molar refractivity (Wildman–Crippen MR) is 81.2 cm³/mol. The zero-order chi connectivity index (χ0) is 17.0. The molecule has 1 aromatic carbocycles. The van der Waals surface area contributed by atoms with Gasteiger partial charge in [-0.25, -0.2) is 8.78 Å². The number of rotatable bonds is 7. The second-order valence-corrected chi connectivity index (χ2v) is 5.87. The molecular formula is C16H21F2N3O2. The fraction of sp³-hybridized carbons (Fsp3) is 0.500. The normalized spacial score (nSPS) is 16.5. The molecule has 23 heavy (non-hydrogen) atoms. The van der Waals surface area contributed by atoms with E-state index in [1.807, 2.05) is 0 Å². The molecule has 1 aromatic rings. The van der Waals surface area contributed by atoms with Gasteiger partial charge in [0.2, 0.25) is 11.8 Å². The minimum atomic E-state index is -0.856. The Morgan fingerprint density at radius 3 is 2.52 bits per heavy atom. The van der Waals surface area contributed by atoms with Gasteiger partial charge in [-0.1, -0.05) is 6.07 Å². The summed E-state index contributed by atoms with van der Waals surface area (Å²) in [4.78, 5) is 23.5. The lowest BCUT2D eigenvalue weighted by molar-refractivity contribution is -0.123. The Bertz CT molecular complexity index is 591. The van der Waals surface area contributed by atoms with Gasteiger partial charge in [0, 0.05) is 31.1 Å². The van der Waals surface area contributed by atoms with Gasteiger partial charge in [0.25, 0.3) is 0 Å². The first-order chi connectivity index (χ1) is 10.9. The maximum atomic E-state index is 13.9. The summed E-state index contributed by atoms with van der Waals surface area (Å²) in [6.45, 7) is 1.62. The molecule has 4 N–H and O–H groups in total. The highest BCUT2D eigenvalue weighted by Crippen LogP contribution is 2.32. The molecule has 1 fully saturated rings. The monoisotopic (exact) mass is 325 g/mol. The van der Waals surface area contributed by atoms with E-state index in [1.54, 1.807) is 0 Å². The molecule has 1 aliphatic rings. The van der Waals surface area contributed by atoms with Crippen molar-refractivity contribution < 1.29 is 18.4 Å². The lowest BCUT2D eigenvalue weighted by Crippen LogP contribution is -2.43. The van der Waals surface area contributed by atoms with Crippen molar-refractivity contribution in [3.63, 3.8) is 0 Å². The van der Waals surface area contributed by atoms with Crippen LogP contribution in [-0.2, 0) is 9.59 Å². The molecule has 0 saturated heterocycles. The number of benzene rings is 1. The molecule has 0 aliphatic heterocycles. The van der Waals surface area contributed by atoms with E-state index in [2.05, 4.69) is 10.6 Å². The fourth-order valence-electron chi connectivity index (χ4n) is 2.59. The first-order valence-corrected chi connectivity index (χ1v) is 7.62. The van der Waals surface area contributed by atoms with Gasteiger partial charge in [-0.05, 0) is 24.8 Å². The minimum Gasteiger partial charge on any atom is -0.352 e. The van der Waals surface area contributed by atoms with Gasteiger partial charge in [0.15, 0.2) is 0 Å². The van der Waals surface area contributed by atoms with Gasteiger partial charge >= 0.3 is 0 Å². The van der Waals surface area contributed by atoms with Crippen molar-refractivity contribution in [2.24, 2.45) is 11.7 Å². The smallest absolute Gasteiger partial charge is 0.222 e. The summed E-state index contributed by atoms with van der Waals surface area (Å²) in [5.74, 6) is -1.84. The Morgan fingerprint density at radius 2 is 2.00 bits per heavy atom. The van der Waals surface area contributed by atoms with Crippen LogP contribution in [0.1, 0.15) is 37.8 Å². The average Bonchev–Trinajstić information content (AvgIpc) is 3.28. The van der Waals surface area contributed by atoms with E-state index in [1.165, 1.54) is 13.0 Å². The number of nitrogens with two attached hydrogens (primary N) is 1. The summed E-state index contributed by atoms with van der Waals surface area (Å²) < 4.78 is 27.0. The van der Waals surface area contributed by atoms with Crippen LogP contribution in [0.2, 0.25) is 0 Å². The van der Waals surface area contributed by atoms with E-state index < -0.39 is 23.6 Å². The molecule has 2 amide bonds. The summed E-state index contributed by atoms with van der Waals surface area (Å²) in [5.41, 5.74) is 5.72. The van der Waals surface area contributed by atoms with Crippen molar-refractivity contribution >= 4 is 11.8 Å². The first-order valence-electron chi connectivity index (χ1n) is 7.62. The third kappa shape index (κ3) is 4.99. The van der Waals surface area contributed by atoms with E-state index in [-0.39, 0.29) is 23.9 Å². The summed E-state index contributed by atoms with van der Waals surface area (Å²) in [6, 6.07) is 2.11. The number of nitrogens with one attached hydrogen (secondary N) is 2. The molecule has 1 aliphatic carbocycles. The highest BCUT2D eigenvalue weighted by Gasteiger charge is 2.32. The predicted octanol–water partition coefficient (Wildman–Crippen LogP) is 1.39. The maximum Gasteiger partial charge on any atom is 0.222 e. The standard InChI is InChI=1S/C16H21F2N3O2/c1-9(22)20-14(12-5-4-11(17)6-13(12)18)7-16(23)21-15(8-19)10-2-3-10/h4-6,10,14-15H,2-3,7-8,19H2,1H3,(H,20,22)(H,21,23). The summed E-state index contributed by atoms with van der Waals surface area (Å²) in [7, 11) is 0. The van der Waals surface area contributed by atoms with Crippen molar-refractivity contribution in [1.82, 2.24) is 10.6 Å². The van der Waals surface area contributed by atoms with Crippen molar-refractivity contribution in [2.75, 3.05) is 6.54 Å². The number of carbonyl (C=O) groups excluding carboxylic acids is 2. The molecule has 2 atom stereocenters. The van der Waals surface area contributed by atoms with Crippen LogP contribution in [0.25, 0.3) is 0 Å². The van der Waals surface area contributed by atoms with Gasteiger partial charge in [-0.15, -0.1) is 0 Å². The third-order valence-corrected chi connectivity index (χ3v) is 3.90. The zero-order valence-corrected chi connectivity index (χ0v) is 12.9. The van der Waals surface area contributed by atoms with Crippen LogP contribution in [0.15, 0.2) is 18.2 Å². The average molecular weight is 325 g/mol. The lowest BCUT2D eigenvalue weighted by atomic mass is 10.0. The van der Waals surface area contributed by atoms with Crippen LogP contribution in [0.3, 0.4) is 0 Å². The van der Waals surface area contributed by atoms with Crippen LogP contribution in [0.5, 0.6) is 0 Å². The van der Waals surface area contributed by atoms with E-state index in [4.69, 9.17) is 5.73 Å². The Kier molecular flexibility index (Phi) is 5.65. The SMILES string of the molecule is CC(=O)NC(CC(=O)NC(CN)C1CC1)c1ccc(F)cc1F. The second kappa shape index (κ2) is 7.50. The molecule has 2 rings (SSSR count). The largest absolute Gasteiger partial charge is 0.352 e. The van der Waals surface area contributed by atoms with Crippen LogP contribution in [0, 0.1) is 17.6 Å². The fourth-order valence-corrected chi connectivity index (χ4v) is 2.59. The van der Waals surface area contributed by atoms with Crippen LogP contribution in [-0.4, -0.2) is 24.4 Å². The highest BCUT2D eigenvalue weighted by molar-refractivity contribution is 5.79. The Labute approximate surface area is 133 Å². The maximum absolute atomic E-state index is 13.9. The highest BCUT2D eigenvalue weighted by atomic mass is 19.1. The van der Waals surface area contributed by atoms with E-state index in [0.29, 0.717) is 12.5 Å². The van der Waals surface area contributed by atoms with E-state index in [0.717, 1.165) is 25.0 Å². The molecule has 2 unspecified atom stereocenters. The van der Waals surface area contributed by atoms with Gasteiger partial charge in [0.05, 0.1) is 12.5 Å². The molecule has 1 saturated carbocycles. The van der Waals surface area contributed by atoms with Crippen molar-refractivity contribution in [3.8, 4) is 0 Å². The minimum absolute atomic E-state index is 0.0764. The van der Waals surface area contributed by atoms with E-state index in [9.17, 15) is 18.4 Å². The van der Waals surface area contributed by atoms with Gasteiger partial charge in [-0.3, -0.25) is 9.59 Å². The van der Waals surface area contributed by atoms with Gasteiger partial charge in [0.1, 0.15) is 11.6 Å². The summed E-state index contributed by atoms with van der Waals surface area (Å²) in [6.07, 6.45) is 1.93. The molecule has 0 bridgehead atoms. The summed E-state index contributed by atoms with van der Waals surface area (Å²) >= 11 is 0. The number of amides is 2. The molecule has 0 radical (unpaired) electrons.